The number of nitrogens with two attached hydrogens (primary N) is 1. The van der Waals surface area contributed by atoms with Gasteiger partial charge in [-0.1, -0.05) is 23.8 Å². The second kappa shape index (κ2) is 9.19. The fourth-order valence-electron chi connectivity index (χ4n) is 5.01. The molecule has 3 aliphatic rings. The van der Waals surface area contributed by atoms with Crippen LogP contribution in [-0.2, 0) is 14.2 Å². The molecule has 0 aromatic rings. The van der Waals surface area contributed by atoms with E-state index in [0.717, 1.165) is 50.5 Å². The van der Waals surface area contributed by atoms with E-state index in [4.69, 9.17) is 19.9 Å². The topological polar surface area (TPSA) is 86.1 Å². The lowest BCUT2D eigenvalue weighted by atomic mass is 9.72. The number of carbonyl (C=O) groups is 1. The van der Waals surface area contributed by atoms with Crippen molar-refractivity contribution in [2.75, 3.05) is 7.11 Å². The summed E-state index contributed by atoms with van der Waals surface area (Å²) in [7, 11) is 1.68. The maximum Gasteiger partial charge on any atom is 0.407 e. The maximum atomic E-state index is 12.5. The highest BCUT2D eigenvalue weighted by Gasteiger charge is 2.61. The molecule has 5 atom stereocenters. The molecule has 0 spiro atoms. The first-order valence-corrected chi connectivity index (χ1v) is 11.0. The average Bonchev–Trinajstić information content (AvgIpc) is 3.33. The van der Waals surface area contributed by atoms with Crippen LogP contribution in [0, 0.1) is 5.92 Å². The Balaban J connectivity index is 1.61. The Labute approximate surface area is 175 Å². The minimum Gasteiger partial charge on any atom is -0.443 e. The summed E-state index contributed by atoms with van der Waals surface area (Å²) in [6.45, 7) is 10.6. The number of hydrogen-bond acceptors (Lipinski definition) is 5. The standard InChI is InChI=1S/C23H38N2O4/c1-14(2)6-13-19-23(4,29-19)20-15(3)7-12-18(21(20)27-5)28-22(26)25-17-10-8-16(24)9-11-17/h6,16-21H,3,7-13,24H2,1-2,4-5H3,(H,25,26)/t16?,17?,18?,19-,20?,21?,23?/m1/s1. The predicted molar refractivity (Wildman–Crippen MR) is 114 cm³/mol. The summed E-state index contributed by atoms with van der Waals surface area (Å²) in [5.41, 5.74) is 8.05. The van der Waals surface area contributed by atoms with Gasteiger partial charge in [0.2, 0.25) is 0 Å². The predicted octanol–water partition coefficient (Wildman–Crippen LogP) is 3.85. The van der Waals surface area contributed by atoms with E-state index in [1.807, 2.05) is 0 Å². The molecular weight excluding hydrogens is 368 g/mol. The molecule has 4 unspecified atom stereocenters. The minimum atomic E-state index is -0.355. The summed E-state index contributed by atoms with van der Waals surface area (Å²) < 4.78 is 17.8. The van der Waals surface area contributed by atoms with Crippen molar-refractivity contribution in [1.82, 2.24) is 5.32 Å². The zero-order valence-electron chi connectivity index (χ0n) is 18.4. The fourth-order valence-corrected chi connectivity index (χ4v) is 5.01. The molecule has 29 heavy (non-hydrogen) atoms. The number of hydrogen-bond donors (Lipinski definition) is 2. The number of amides is 1. The molecular formula is C23H38N2O4. The van der Waals surface area contributed by atoms with Crippen molar-refractivity contribution in [2.45, 2.75) is 102 Å². The van der Waals surface area contributed by atoms with Crippen LogP contribution in [-0.4, -0.2) is 49.2 Å². The van der Waals surface area contributed by atoms with Crippen LogP contribution in [0.3, 0.4) is 0 Å². The van der Waals surface area contributed by atoms with E-state index < -0.39 is 0 Å². The lowest BCUT2D eigenvalue weighted by molar-refractivity contribution is -0.0742. The molecule has 0 aromatic carbocycles. The van der Waals surface area contributed by atoms with Crippen molar-refractivity contribution in [2.24, 2.45) is 11.7 Å². The first kappa shape index (κ1) is 22.3. The maximum absolute atomic E-state index is 12.5. The van der Waals surface area contributed by atoms with Crippen molar-refractivity contribution in [3.05, 3.63) is 23.8 Å². The molecule has 0 bridgehead atoms. The van der Waals surface area contributed by atoms with E-state index in [-0.39, 0.29) is 48.0 Å². The van der Waals surface area contributed by atoms with E-state index in [1.54, 1.807) is 7.11 Å². The lowest BCUT2D eigenvalue weighted by Crippen LogP contribution is -2.50. The van der Waals surface area contributed by atoms with Gasteiger partial charge in [0.05, 0.1) is 6.10 Å². The first-order chi connectivity index (χ1) is 13.7. The van der Waals surface area contributed by atoms with Crippen molar-refractivity contribution in [3.8, 4) is 0 Å². The Morgan fingerprint density at radius 1 is 1.31 bits per heavy atom. The largest absolute Gasteiger partial charge is 0.443 e. The molecule has 2 saturated carbocycles. The highest BCUT2D eigenvalue weighted by atomic mass is 16.6. The van der Waals surface area contributed by atoms with Gasteiger partial charge in [-0.2, -0.15) is 0 Å². The van der Waals surface area contributed by atoms with Crippen molar-refractivity contribution < 1.29 is 19.0 Å². The van der Waals surface area contributed by atoms with Gasteiger partial charge < -0.3 is 25.3 Å². The van der Waals surface area contributed by atoms with Gasteiger partial charge in [0.15, 0.2) is 0 Å². The van der Waals surface area contributed by atoms with E-state index in [2.05, 4.69) is 38.7 Å². The highest BCUT2D eigenvalue weighted by molar-refractivity contribution is 5.68. The van der Waals surface area contributed by atoms with Crippen LogP contribution in [0.25, 0.3) is 0 Å². The summed E-state index contributed by atoms with van der Waals surface area (Å²) in [5, 5.41) is 3.02. The molecule has 1 aliphatic heterocycles. The lowest BCUT2D eigenvalue weighted by Gasteiger charge is -2.40. The number of alkyl carbamates (subject to hydrolysis) is 1. The Bertz CT molecular complexity index is 637. The quantitative estimate of drug-likeness (QED) is 0.517. The summed E-state index contributed by atoms with van der Waals surface area (Å²) in [6.07, 6.45) is 7.59. The third-order valence-corrected chi connectivity index (χ3v) is 6.85. The molecule has 1 amide bonds. The second-order valence-corrected chi connectivity index (χ2v) is 9.38. The van der Waals surface area contributed by atoms with Crippen LogP contribution in [0.5, 0.6) is 0 Å². The Hall–Kier alpha value is -1.37. The molecule has 3 N–H and O–H groups in total. The number of ether oxygens (including phenoxy) is 3. The molecule has 0 radical (unpaired) electrons. The van der Waals surface area contributed by atoms with Crippen LogP contribution in [0.2, 0.25) is 0 Å². The Morgan fingerprint density at radius 2 is 2.00 bits per heavy atom. The molecule has 6 nitrogen and oxygen atoms in total. The summed E-state index contributed by atoms with van der Waals surface area (Å²) in [5.74, 6) is 0.0160. The molecule has 3 rings (SSSR count). The van der Waals surface area contributed by atoms with Gasteiger partial charge in [-0.15, -0.1) is 0 Å². The monoisotopic (exact) mass is 406 g/mol. The zero-order chi connectivity index (χ0) is 21.2. The van der Waals surface area contributed by atoms with Gasteiger partial charge in [-0.25, -0.2) is 4.79 Å². The molecule has 2 aliphatic carbocycles. The average molecular weight is 407 g/mol. The van der Waals surface area contributed by atoms with E-state index in [9.17, 15) is 4.79 Å². The van der Waals surface area contributed by atoms with Gasteiger partial charge in [0, 0.05) is 25.1 Å². The van der Waals surface area contributed by atoms with Crippen LogP contribution >= 0.6 is 0 Å². The fraction of sp³-hybridized carbons (Fsp3) is 0.783. The van der Waals surface area contributed by atoms with Gasteiger partial charge in [-0.3, -0.25) is 0 Å². The molecule has 0 aromatic heterocycles. The van der Waals surface area contributed by atoms with Crippen molar-refractivity contribution in [3.63, 3.8) is 0 Å². The molecule has 6 heteroatoms. The number of epoxide rings is 1. The summed E-state index contributed by atoms with van der Waals surface area (Å²) >= 11 is 0. The summed E-state index contributed by atoms with van der Waals surface area (Å²) in [6, 6.07) is 0.404. The van der Waals surface area contributed by atoms with Gasteiger partial charge in [0.1, 0.15) is 17.8 Å². The van der Waals surface area contributed by atoms with Crippen molar-refractivity contribution in [1.29, 1.82) is 0 Å². The first-order valence-electron chi connectivity index (χ1n) is 11.0. The van der Waals surface area contributed by atoms with Crippen LogP contribution in [0.15, 0.2) is 23.8 Å². The smallest absolute Gasteiger partial charge is 0.407 e. The number of methoxy groups -OCH3 is 1. The third kappa shape index (κ3) is 5.22. The Morgan fingerprint density at radius 3 is 2.62 bits per heavy atom. The second-order valence-electron chi connectivity index (χ2n) is 9.38. The summed E-state index contributed by atoms with van der Waals surface area (Å²) in [4.78, 5) is 12.5. The van der Waals surface area contributed by atoms with Gasteiger partial charge >= 0.3 is 6.09 Å². The van der Waals surface area contributed by atoms with E-state index in [1.165, 1.54) is 5.57 Å². The normalized spacial score (nSPS) is 39.6. The van der Waals surface area contributed by atoms with Crippen molar-refractivity contribution >= 4 is 6.09 Å². The highest BCUT2D eigenvalue weighted by Crippen LogP contribution is 2.52. The number of carbonyl (C=O) groups excluding carboxylic acids is 1. The van der Waals surface area contributed by atoms with E-state index >= 15 is 0 Å². The Kier molecular flexibility index (Phi) is 7.07. The SMILES string of the molecule is C=C1CCC(OC(=O)NC2CCC(N)CC2)C(OC)C1C1(C)O[C@@H]1CC=C(C)C. The minimum absolute atomic E-state index is 0.0160. The third-order valence-electron chi connectivity index (χ3n) is 6.85. The number of nitrogens with one attached hydrogen (secondary N) is 1. The van der Waals surface area contributed by atoms with Crippen LogP contribution in [0.4, 0.5) is 4.79 Å². The zero-order valence-corrected chi connectivity index (χ0v) is 18.4. The molecule has 164 valence electrons. The van der Waals surface area contributed by atoms with Gasteiger partial charge in [0.25, 0.3) is 0 Å². The molecule has 3 fully saturated rings. The van der Waals surface area contributed by atoms with Crippen LogP contribution < -0.4 is 11.1 Å². The van der Waals surface area contributed by atoms with E-state index in [0.29, 0.717) is 0 Å². The van der Waals surface area contributed by atoms with Crippen LogP contribution in [0.1, 0.15) is 65.7 Å². The number of allylic oxidation sites excluding steroid dienone is 1. The molecule has 1 heterocycles. The number of rotatable bonds is 6. The molecule has 1 saturated heterocycles. The van der Waals surface area contributed by atoms with Gasteiger partial charge in [-0.05, 0) is 65.7 Å².